The summed E-state index contributed by atoms with van der Waals surface area (Å²) in [6, 6.07) is 9.70. The number of nitrogens with zero attached hydrogens (tertiary/aromatic N) is 3. The number of carbonyl (C=O) groups excluding carboxylic acids is 1. The van der Waals surface area contributed by atoms with Crippen molar-refractivity contribution in [2.75, 3.05) is 39.8 Å². The fourth-order valence-electron chi connectivity index (χ4n) is 2.33. The van der Waals surface area contributed by atoms with Gasteiger partial charge in [0.05, 0.1) is 19.0 Å². The SMILES string of the molecule is CN1CCCN(CCOc2ccc(CC#N)cc2)CC1=O. The number of hydrogen-bond acceptors (Lipinski definition) is 4. The van der Waals surface area contributed by atoms with Gasteiger partial charge in [0.25, 0.3) is 0 Å². The van der Waals surface area contributed by atoms with Gasteiger partial charge in [-0.15, -0.1) is 0 Å². The molecule has 1 heterocycles. The fourth-order valence-corrected chi connectivity index (χ4v) is 2.33. The summed E-state index contributed by atoms with van der Waals surface area (Å²) in [6.07, 6.45) is 1.43. The molecular formula is C16H21N3O2. The van der Waals surface area contributed by atoms with Gasteiger partial charge in [0.2, 0.25) is 5.91 Å². The van der Waals surface area contributed by atoms with Gasteiger partial charge < -0.3 is 9.64 Å². The van der Waals surface area contributed by atoms with Gasteiger partial charge in [-0.25, -0.2) is 0 Å². The van der Waals surface area contributed by atoms with Crippen LogP contribution < -0.4 is 4.74 Å². The van der Waals surface area contributed by atoms with Crippen molar-refractivity contribution >= 4 is 5.91 Å². The molecule has 0 bridgehead atoms. The molecule has 1 aromatic carbocycles. The zero-order valence-corrected chi connectivity index (χ0v) is 12.4. The highest BCUT2D eigenvalue weighted by Crippen LogP contribution is 2.12. The van der Waals surface area contributed by atoms with Crippen molar-refractivity contribution in [3.05, 3.63) is 29.8 Å². The molecule has 1 aromatic rings. The smallest absolute Gasteiger partial charge is 0.236 e. The van der Waals surface area contributed by atoms with E-state index in [1.54, 1.807) is 4.90 Å². The molecule has 2 rings (SSSR count). The number of nitriles is 1. The summed E-state index contributed by atoms with van der Waals surface area (Å²) in [4.78, 5) is 15.7. The molecule has 5 nitrogen and oxygen atoms in total. The van der Waals surface area contributed by atoms with E-state index < -0.39 is 0 Å². The third-order valence-corrected chi connectivity index (χ3v) is 3.64. The molecule has 5 heteroatoms. The minimum atomic E-state index is 0.174. The third-order valence-electron chi connectivity index (χ3n) is 3.64. The van der Waals surface area contributed by atoms with Gasteiger partial charge in [-0.3, -0.25) is 9.69 Å². The predicted molar refractivity (Wildman–Crippen MR) is 79.9 cm³/mol. The summed E-state index contributed by atoms with van der Waals surface area (Å²) in [6.45, 7) is 3.55. The van der Waals surface area contributed by atoms with E-state index in [1.165, 1.54) is 0 Å². The van der Waals surface area contributed by atoms with Crippen LogP contribution in [0.15, 0.2) is 24.3 Å². The van der Waals surface area contributed by atoms with Crippen LogP contribution in [0.4, 0.5) is 0 Å². The maximum absolute atomic E-state index is 11.8. The van der Waals surface area contributed by atoms with E-state index >= 15 is 0 Å². The molecule has 0 radical (unpaired) electrons. The number of benzene rings is 1. The van der Waals surface area contributed by atoms with E-state index in [2.05, 4.69) is 11.0 Å². The lowest BCUT2D eigenvalue weighted by Crippen LogP contribution is -2.36. The van der Waals surface area contributed by atoms with Crippen LogP contribution in [-0.2, 0) is 11.2 Å². The Labute approximate surface area is 125 Å². The van der Waals surface area contributed by atoms with Crippen LogP contribution in [0.3, 0.4) is 0 Å². The van der Waals surface area contributed by atoms with Crippen molar-refractivity contribution in [2.45, 2.75) is 12.8 Å². The van der Waals surface area contributed by atoms with Gasteiger partial charge in [-0.2, -0.15) is 5.26 Å². The van der Waals surface area contributed by atoms with Crippen LogP contribution in [0.1, 0.15) is 12.0 Å². The number of amides is 1. The van der Waals surface area contributed by atoms with Crippen molar-refractivity contribution in [1.82, 2.24) is 9.80 Å². The van der Waals surface area contributed by atoms with Crippen LogP contribution in [-0.4, -0.2) is 55.5 Å². The van der Waals surface area contributed by atoms with E-state index in [4.69, 9.17) is 10.00 Å². The molecule has 0 aromatic heterocycles. The second kappa shape index (κ2) is 7.65. The fraction of sp³-hybridized carbons (Fsp3) is 0.500. The molecule has 0 unspecified atom stereocenters. The standard InChI is InChI=1S/C16H21N3O2/c1-18-9-2-10-19(13-16(18)20)11-12-21-15-5-3-14(4-6-15)7-8-17/h3-6H,2,7,9-13H2,1H3. The van der Waals surface area contributed by atoms with Gasteiger partial charge in [0, 0.05) is 26.7 Å². The first kappa shape index (κ1) is 15.3. The van der Waals surface area contributed by atoms with Crippen LogP contribution in [0.2, 0.25) is 0 Å². The highest BCUT2D eigenvalue weighted by atomic mass is 16.5. The van der Waals surface area contributed by atoms with Crippen molar-refractivity contribution in [3.63, 3.8) is 0 Å². The number of rotatable bonds is 5. The summed E-state index contributed by atoms with van der Waals surface area (Å²) < 4.78 is 5.70. The first-order chi connectivity index (χ1) is 10.2. The third kappa shape index (κ3) is 4.76. The van der Waals surface area contributed by atoms with Crippen LogP contribution in [0.5, 0.6) is 5.75 Å². The normalized spacial score (nSPS) is 16.4. The molecule has 1 aliphatic rings. The van der Waals surface area contributed by atoms with Crippen molar-refractivity contribution < 1.29 is 9.53 Å². The Kier molecular flexibility index (Phi) is 5.59. The quantitative estimate of drug-likeness (QED) is 0.819. The maximum atomic E-state index is 11.8. The minimum Gasteiger partial charge on any atom is -0.492 e. The molecule has 112 valence electrons. The lowest BCUT2D eigenvalue weighted by Gasteiger charge is -2.19. The summed E-state index contributed by atoms with van der Waals surface area (Å²) in [5.41, 5.74) is 0.992. The van der Waals surface area contributed by atoms with E-state index in [9.17, 15) is 4.79 Å². The van der Waals surface area contributed by atoms with Crippen molar-refractivity contribution in [3.8, 4) is 11.8 Å². The summed E-state index contributed by atoms with van der Waals surface area (Å²) in [5.74, 6) is 0.975. The molecule has 1 fully saturated rings. The molecular weight excluding hydrogens is 266 g/mol. The van der Waals surface area contributed by atoms with Crippen molar-refractivity contribution in [2.24, 2.45) is 0 Å². The first-order valence-corrected chi connectivity index (χ1v) is 7.24. The van der Waals surface area contributed by atoms with E-state index in [1.807, 2.05) is 31.3 Å². The second-order valence-corrected chi connectivity index (χ2v) is 5.27. The first-order valence-electron chi connectivity index (χ1n) is 7.24. The molecule has 1 saturated heterocycles. The second-order valence-electron chi connectivity index (χ2n) is 5.27. The summed E-state index contributed by atoms with van der Waals surface area (Å²) in [5, 5.41) is 8.62. The molecule has 1 aliphatic heterocycles. The number of carbonyl (C=O) groups is 1. The highest BCUT2D eigenvalue weighted by Gasteiger charge is 2.18. The number of ether oxygens (including phenoxy) is 1. The Balaban J connectivity index is 1.76. The summed E-state index contributed by atoms with van der Waals surface area (Å²) in [7, 11) is 1.85. The lowest BCUT2D eigenvalue weighted by atomic mass is 10.2. The number of likely N-dealkylation sites (N-methyl/N-ethyl adjacent to an activating group) is 1. The van der Waals surface area contributed by atoms with Crippen LogP contribution in [0, 0.1) is 11.3 Å². The Morgan fingerprint density at radius 2 is 2.05 bits per heavy atom. The number of hydrogen-bond donors (Lipinski definition) is 0. The Bertz CT molecular complexity index is 507. The van der Waals surface area contributed by atoms with Crippen molar-refractivity contribution in [1.29, 1.82) is 5.26 Å². The van der Waals surface area contributed by atoms with Gasteiger partial charge in [0.1, 0.15) is 12.4 Å². The molecule has 1 amide bonds. The Hall–Kier alpha value is -2.06. The van der Waals surface area contributed by atoms with Gasteiger partial charge in [0.15, 0.2) is 0 Å². The highest BCUT2D eigenvalue weighted by molar-refractivity contribution is 5.78. The monoisotopic (exact) mass is 287 g/mol. The van der Waals surface area contributed by atoms with E-state index in [0.717, 1.165) is 37.4 Å². The zero-order chi connectivity index (χ0) is 15.1. The Morgan fingerprint density at radius 1 is 1.29 bits per heavy atom. The topological polar surface area (TPSA) is 56.6 Å². The molecule has 0 spiro atoms. The maximum Gasteiger partial charge on any atom is 0.236 e. The average molecular weight is 287 g/mol. The zero-order valence-electron chi connectivity index (χ0n) is 12.4. The molecule has 21 heavy (non-hydrogen) atoms. The largest absolute Gasteiger partial charge is 0.492 e. The van der Waals surface area contributed by atoms with Crippen LogP contribution in [0.25, 0.3) is 0 Å². The van der Waals surface area contributed by atoms with E-state index in [-0.39, 0.29) is 5.91 Å². The summed E-state index contributed by atoms with van der Waals surface area (Å²) >= 11 is 0. The lowest BCUT2D eigenvalue weighted by molar-refractivity contribution is -0.129. The molecule has 0 atom stereocenters. The molecule has 0 aliphatic carbocycles. The van der Waals surface area contributed by atoms with Gasteiger partial charge in [-0.1, -0.05) is 12.1 Å². The molecule has 0 saturated carbocycles. The minimum absolute atomic E-state index is 0.174. The average Bonchev–Trinajstić information content (AvgIpc) is 2.63. The molecule has 0 N–H and O–H groups in total. The van der Waals surface area contributed by atoms with Gasteiger partial charge in [-0.05, 0) is 24.1 Å². The van der Waals surface area contributed by atoms with E-state index in [0.29, 0.717) is 19.6 Å². The predicted octanol–water partition coefficient (Wildman–Crippen LogP) is 1.30. The van der Waals surface area contributed by atoms with Crippen LogP contribution >= 0.6 is 0 Å². The Morgan fingerprint density at radius 3 is 2.76 bits per heavy atom. The van der Waals surface area contributed by atoms with Gasteiger partial charge >= 0.3 is 0 Å².